The summed E-state index contributed by atoms with van der Waals surface area (Å²) in [6, 6.07) is 22.3. The lowest BCUT2D eigenvalue weighted by Crippen LogP contribution is -2.31. The van der Waals surface area contributed by atoms with Gasteiger partial charge in [0.25, 0.3) is 5.56 Å². The van der Waals surface area contributed by atoms with E-state index >= 15 is 0 Å². The molecule has 6 rings (SSSR count). The summed E-state index contributed by atoms with van der Waals surface area (Å²) < 4.78 is 3.67. The molecule has 0 aliphatic heterocycles. The molecule has 5 aromatic rings. The van der Waals surface area contributed by atoms with Crippen molar-refractivity contribution in [3.05, 3.63) is 123 Å². The zero-order valence-electron chi connectivity index (χ0n) is 20.9. The van der Waals surface area contributed by atoms with Crippen molar-refractivity contribution in [2.24, 2.45) is 13.0 Å². The third-order valence-corrected chi connectivity index (χ3v) is 7.71. The van der Waals surface area contributed by atoms with Crippen molar-refractivity contribution < 1.29 is 5.11 Å². The Morgan fingerprint density at radius 3 is 2.53 bits per heavy atom. The standard InChI is InChI=1S/C32H26ClN3O2/c1-3-21-5-4-6-23(15-21)27-17-31(37)36(19-22-7-8-22)29-14-11-25(16-28(27)29)32(38,30-18-34-20-35(30)2)24-9-12-26(33)13-10-24/h1,4-6,9-18,20,22,38H,7-8,19H2,2H3. The molecule has 3 aromatic carbocycles. The molecule has 2 heterocycles. The molecule has 1 aliphatic carbocycles. The molecular weight excluding hydrogens is 494 g/mol. The van der Waals surface area contributed by atoms with Crippen LogP contribution in [-0.2, 0) is 19.2 Å². The molecule has 0 amide bonds. The van der Waals surface area contributed by atoms with Gasteiger partial charge in [-0.1, -0.05) is 47.9 Å². The molecule has 188 valence electrons. The normalized spacial score (nSPS) is 14.8. The molecule has 38 heavy (non-hydrogen) atoms. The molecule has 0 saturated heterocycles. The number of hydrogen-bond donors (Lipinski definition) is 1. The van der Waals surface area contributed by atoms with Gasteiger partial charge in [0.05, 0.1) is 23.7 Å². The Morgan fingerprint density at radius 2 is 1.84 bits per heavy atom. The highest BCUT2D eigenvalue weighted by atomic mass is 35.5. The maximum atomic E-state index is 13.4. The molecule has 1 aliphatic rings. The fraction of sp³-hybridized carbons (Fsp3) is 0.188. The summed E-state index contributed by atoms with van der Waals surface area (Å²) >= 11 is 6.19. The maximum Gasteiger partial charge on any atom is 0.251 e. The molecule has 2 aromatic heterocycles. The van der Waals surface area contributed by atoms with Gasteiger partial charge in [0.2, 0.25) is 0 Å². The third-order valence-electron chi connectivity index (χ3n) is 7.46. The highest BCUT2D eigenvalue weighted by molar-refractivity contribution is 6.30. The number of fused-ring (bicyclic) bond motifs is 1. The predicted octanol–water partition coefficient (Wildman–Crippen LogP) is 5.73. The molecule has 0 spiro atoms. The van der Waals surface area contributed by atoms with Gasteiger partial charge in [-0.2, -0.15) is 0 Å². The van der Waals surface area contributed by atoms with E-state index in [1.54, 1.807) is 30.7 Å². The summed E-state index contributed by atoms with van der Waals surface area (Å²) in [6.07, 6.45) is 11.3. The number of rotatable bonds is 6. The van der Waals surface area contributed by atoms with Crippen molar-refractivity contribution in [2.75, 3.05) is 0 Å². The molecule has 1 N–H and O–H groups in total. The van der Waals surface area contributed by atoms with Crippen LogP contribution in [0.4, 0.5) is 0 Å². The number of imidazole rings is 1. The number of hydrogen-bond acceptors (Lipinski definition) is 3. The molecule has 1 unspecified atom stereocenters. The molecule has 6 heteroatoms. The maximum absolute atomic E-state index is 13.4. The summed E-state index contributed by atoms with van der Waals surface area (Å²) in [6.45, 7) is 0.683. The van der Waals surface area contributed by atoms with Crippen LogP contribution in [0.15, 0.2) is 90.1 Å². The number of aliphatic hydroxyl groups is 1. The van der Waals surface area contributed by atoms with E-state index in [4.69, 9.17) is 18.0 Å². The second-order valence-corrected chi connectivity index (χ2v) is 10.5. The smallest absolute Gasteiger partial charge is 0.251 e. The van der Waals surface area contributed by atoms with Gasteiger partial charge in [0, 0.05) is 35.6 Å². The fourth-order valence-corrected chi connectivity index (χ4v) is 5.36. The Bertz CT molecular complexity index is 1770. The summed E-state index contributed by atoms with van der Waals surface area (Å²) in [4.78, 5) is 17.6. The van der Waals surface area contributed by atoms with E-state index < -0.39 is 5.60 Å². The lowest BCUT2D eigenvalue weighted by Gasteiger charge is -2.30. The first-order valence-corrected chi connectivity index (χ1v) is 13.0. The van der Waals surface area contributed by atoms with Crippen molar-refractivity contribution in [2.45, 2.75) is 25.0 Å². The van der Waals surface area contributed by atoms with Crippen LogP contribution in [0, 0.1) is 18.3 Å². The van der Waals surface area contributed by atoms with Crippen LogP contribution in [0.3, 0.4) is 0 Å². The third kappa shape index (κ3) is 4.12. The van der Waals surface area contributed by atoms with E-state index in [0.717, 1.165) is 40.4 Å². The molecular formula is C32H26ClN3O2. The number of aromatic nitrogens is 3. The Kier molecular flexibility index (Phi) is 5.95. The van der Waals surface area contributed by atoms with Crippen molar-refractivity contribution in [3.8, 4) is 23.5 Å². The number of terminal acetylenes is 1. The van der Waals surface area contributed by atoms with Crippen LogP contribution in [0.2, 0.25) is 5.02 Å². The zero-order chi connectivity index (χ0) is 26.4. The highest BCUT2D eigenvalue weighted by Crippen LogP contribution is 2.40. The topological polar surface area (TPSA) is 60.1 Å². The van der Waals surface area contributed by atoms with E-state index in [2.05, 4.69) is 10.9 Å². The first-order valence-electron chi connectivity index (χ1n) is 12.6. The van der Waals surface area contributed by atoms with Gasteiger partial charge >= 0.3 is 0 Å². The summed E-state index contributed by atoms with van der Waals surface area (Å²) in [5.74, 6) is 3.21. The minimum absolute atomic E-state index is 0.0436. The van der Waals surface area contributed by atoms with Gasteiger partial charge in [-0.05, 0) is 77.4 Å². The van der Waals surface area contributed by atoms with Crippen LogP contribution < -0.4 is 5.56 Å². The SMILES string of the molecule is C#Cc1cccc(-c2cc(=O)n(CC3CC3)c3ccc(C(O)(c4ccc(Cl)cc4)c4cncn4C)cc23)c1. The van der Waals surface area contributed by atoms with E-state index in [-0.39, 0.29) is 5.56 Å². The zero-order valence-corrected chi connectivity index (χ0v) is 21.7. The van der Waals surface area contributed by atoms with E-state index in [1.807, 2.05) is 70.8 Å². The second kappa shape index (κ2) is 9.33. The molecule has 5 nitrogen and oxygen atoms in total. The minimum atomic E-state index is -1.51. The molecule has 1 saturated carbocycles. The monoisotopic (exact) mass is 519 g/mol. The van der Waals surface area contributed by atoms with E-state index in [9.17, 15) is 9.90 Å². The van der Waals surface area contributed by atoms with Crippen molar-refractivity contribution in [3.63, 3.8) is 0 Å². The second-order valence-electron chi connectivity index (χ2n) is 10.0. The quantitative estimate of drug-likeness (QED) is 0.291. The number of pyridine rings is 1. The fourth-order valence-electron chi connectivity index (χ4n) is 5.23. The Labute approximate surface area is 226 Å². The van der Waals surface area contributed by atoms with Crippen molar-refractivity contribution in [1.82, 2.24) is 14.1 Å². The van der Waals surface area contributed by atoms with Gasteiger partial charge in [0.15, 0.2) is 5.60 Å². The first kappa shape index (κ1) is 24.2. The molecule has 0 bridgehead atoms. The highest BCUT2D eigenvalue weighted by Gasteiger charge is 2.37. The van der Waals surface area contributed by atoms with Crippen LogP contribution in [0.1, 0.15) is 35.2 Å². The number of halogens is 1. The van der Waals surface area contributed by atoms with Crippen molar-refractivity contribution >= 4 is 22.5 Å². The van der Waals surface area contributed by atoms with Crippen LogP contribution in [-0.4, -0.2) is 19.2 Å². The van der Waals surface area contributed by atoms with Gasteiger partial charge in [-0.15, -0.1) is 6.42 Å². The number of nitrogens with zero attached hydrogens (tertiary/aromatic N) is 3. The van der Waals surface area contributed by atoms with Crippen LogP contribution in [0.25, 0.3) is 22.0 Å². The Hall–Kier alpha value is -4.11. The minimum Gasteiger partial charge on any atom is -0.374 e. The predicted molar refractivity (Wildman–Crippen MR) is 151 cm³/mol. The lowest BCUT2D eigenvalue weighted by molar-refractivity contribution is 0.117. The van der Waals surface area contributed by atoms with Crippen LogP contribution in [0.5, 0.6) is 0 Å². The average molecular weight is 520 g/mol. The first-order chi connectivity index (χ1) is 18.4. The number of aryl methyl sites for hydroxylation is 1. The lowest BCUT2D eigenvalue weighted by atomic mass is 9.82. The molecule has 1 fully saturated rings. The average Bonchev–Trinajstić information content (AvgIpc) is 3.66. The van der Waals surface area contributed by atoms with Crippen molar-refractivity contribution in [1.29, 1.82) is 0 Å². The summed E-state index contributed by atoms with van der Waals surface area (Å²) in [7, 11) is 1.86. The van der Waals surface area contributed by atoms with Crippen LogP contribution >= 0.6 is 11.6 Å². The van der Waals surface area contributed by atoms with Gasteiger partial charge in [-0.3, -0.25) is 4.79 Å². The van der Waals surface area contributed by atoms with E-state index in [0.29, 0.717) is 34.3 Å². The number of benzene rings is 3. The van der Waals surface area contributed by atoms with Gasteiger partial charge in [0.1, 0.15) is 0 Å². The summed E-state index contributed by atoms with van der Waals surface area (Å²) in [5, 5.41) is 13.9. The molecule has 0 radical (unpaired) electrons. The van der Waals surface area contributed by atoms with Gasteiger partial charge < -0.3 is 14.2 Å². The Balaban J connectivity index is 1.65. The summed E-state index contributed by atoms with van der Waals surface area (Å²) in [5.41, 5.74) is 3.57. The Morgan fingerprint density at radius 1 is 1.08 bits per heavy atom. The van der Waals surface area contributed by atoms with E-state index in [1.165, 1.54) is 0 Å². The van der Waals surface area contributed by atoms with Gasteiger partial charge in [-0.25, -0.2) is 4.98 Å². The molecule has 1 atom stereocenters. The largest absolute Gasteiger partial charge is 0.374 e.